The Kier molecular flexibility index (Phi) is 5.19. The molecule has 0 heterocycles. The van der Waals surface area contributed by atoms with Gasteiger partial charge in [-0.2, -0.15) is 0 Å². The summed E-state index contributed by atoms with van der Waals surface area (Å²) in [6.45, 7) is 0. The summed E-state index contributed by atoms with van der Waals surface area (Å²) in [4.78, 5) is 0. The fourth-order valence-corrected chi connectivity index (χ4v) is 4.20. The molecule has 1 aliphatic carbocycles. The number of hydrogen-bond acceptors (Lipinski definition) is 2. The van der Waals surface area contributed by atoms with Crippen molar-refractivity contribution in [1.29, 1.82) is 10.8 Å². The van der Waals surface area contributed by atoms with Crippen molar-refractivity contribution >= 4 is 22.6 Å². The molecule has 0 saturated heterocycles. The van der Waals surface area contributed by atoms with Crippen molar-refractivity contribution in [3.63, 3.8) is 0 Å². The van der Waals surface area contributed by atoms with Crippen LogP contribution in [0.15, 0.2) is 121 Å². The first-order valence-corrected chi connectivity index (χ1v) is 10.6. The lowest BCUT2D eigenvalue weighted by atomic mass is 9.83. The van der Waals surface area contributed by atoms with E-state index < -0.39 is 0 Å². The summed E-state index contributed by atoms with van der Waals surface area (Å²) in [6.07, 6.45) is 3.86. The van der Waals surface area contributed by atoms with E-state index in [-0.39, 0.29) is 11.4 Å². The van der Waals surface area contributed by atoms with Gasteiger partial charge >= 0.3 is 0 Å². The Hall–Kier alpha value is -4.30. The molecule has 4 aromatic rings. The smallest absolute Gasteiger partial charge is 0.0868 e. The molecule has 0 aromatic heterocycles. The van der Waals surface area contributed by atoms with E-state index in [1.807, 2.05) is 66.7 Å². The molecule has 0 bridgehead atoms. The van der Waals surface area contributed by atoms with Crippen LogP contribution in [0.25, 0.3) is 33.4 Å². The molecule has 0 atom stereocenters. The highest BCUT2D eigenvalue weighted by Crippen LogP contribution is 2.36. The standard InChI is InChI=1S/C30H22N2/c31-29-20-23(26-17-8-7-15-24(26)21-11-3-1-4-12-21)19-28(30(29)32)27-18-10-9-16-25(27)22-13-5-2-6-14-22/h1-20,31-32H. The largest absolute Gasteiger partial charge is 0.299 e. The molecule has 0 fully saturated rings. The predicted octanol–water partition coefficient (Wildman–Crippen LogP) is 7.54. The number of benzene rings is 4. The van der Waals surface area contributed by atoms with Crippen molar-refractivity contribution < 1.29 is 0 Å². The lowest BCUT2D eigenvalue weighted by Gasteiger charge is -2.20. The van der Waals surface area contributed by atoms with Gasteiger partial charge in [-0.05, 0) is 51.1 Å². The highest BCUT2D eigenvalue weighted by molar-refractivity contribution is 6.61. The summed E-state index contributed by atoms with van der Waals surface area (Å²) >= 11 is 0. The Labute approximate surface area is 188 Å². The molecule has 2 heteroatoms. The zero-order chi connectivity index (χ0) is 21.9. The third-order valence-corrected chi connectivity index (χ3v) is 5.76. The van der Waals surface area contributed by atoms with Crippen LogP contribution < -0.4 is 0 Å². The monoisotopic (exact) mass is 410 g/mol. The molecule has 4 aromatic carbocycles. The van der Waals surface area contributed by atoms with Crippen molar-refractivity contribution in [3.05, 3.63) is 132 Å². The molecule has 0 radical (unpaired) electrons. The molecule has 0 unspecified atom stereocenters. The molecular weight excluding hydrogens is 388 g/mol. The SMILES string of the molecule is N=C1C=C(c2ccccc2-c2ccccc2)C=C(c2ccccc2-c2ccccc2)C1=N. The first-order chi connectivity index (χ1) is 15.7. The van der Waals surface area contributed by atoms with Gasteiger partial charge in [-0.25, -0.2) is 0 Å². The Morgan fingerprint density at radius 2 is 0.844 bits per heavy atom. The van der Waals surface area contributed by atoms with Crippen molar-refractivity contribution in [3.8, 4) is 22.3 Å². The number of nitrogens with one attached hydrogen (secondary N) is 2. The summed E-state index contributed by atoms with van der Waals surface area (Å²) in [5, 5.41) is 17.2. The van der Waals surface area contributed by atoms with Crippen LogP contribution in [0.2, 0.25) is 0 Å². The first-order valence-electron chi connectivity index (χ1n) is 10.6. The zero-order valence-corrected chi connectivity index (χ0v) is 17.5. The average molecular weight is 411 g/mol. The van der Waals surface area contributed by atoms with Crippen LogP contribution in [-0.2, 0) is 0 Å². The number of rotatable bonds is 4. The minimum atomic E-state index is 0.225. The third-order valence-electron chi connectivity index (χ3n) is 5.76. The minimum Gasteiger partial charge on any atom is -0.299 e. The van der Waals surface area contributed by atoms with Gasteiger partial charge < -0.3 is 0 Å². The summed E-state index contributed by atoms with van der Waals surface area (Å²) in [5.74, 6) is 0. The molecule has 2 nitrogen and oxygen atoms in total. The summed E-state index contributed by atoms with van der Waals surface area (Å²) in [6, 6.07) is 36.9. The second kappa shape index (κ2) is 8.44. The molecule has 0 saturated carbocycles. The van der Waals surface area contributed by atoms with Crippen LogP contribution in [0, 0.1) is 10.8 Å². The predicted molar refractivity (Wildman–Crippen MR) is 135 cm³/mol. The van der Waals surface area contributed by atoms with E-state index in [0.29, 0.717) is 0 Å². The number of allylic oxidation sites excluding steroid dienone is 4. The van der Waals surface area contributed by atoms with E-state index in [2.05, 4.69) is 48.5 Å². The van der Waals surface area contributed by atoms with E-state index in [9.17, 15) is 0 Å². The van der Waals surface area contributed by atoms with Gasteiger partial charge in [0.1, 0.15) is 0 Å². The van der Waals surface area contributed by atoms with E-state index in [1.54, 1.807) is 6.08 Å². The van der Waals surface area contributed by atoms with Crippen LogP contribution in [-0.4, -0.2) is 11.4 Å². The van der Waals surface area contributed by atoms with Gasteiger partial charge in [0.2, 0.25) is 0 Å². The Morgan fingerprint density at radius 3 is 1.41 bits per heavy atom. The number of hydrogen-bond donors (Lipinski definition) is 2. The van der Waals surface area contributed by atoms with Gasteiger partial charge in [0, 0.05) is 5.57 Å². The molecule has 0 amide bonds. The molecule has 5 rings (SSSR count). The maximum Gasteiger partial charge on any atom is 0.0868 e. The molecule has 0 aliphatic heterocycles. The molecule has 2 N–H and O–H groups in total. The maximum atomic E-state index is 8.68. The lowest BCUT2D eigenvalue weighted by molar-refractivity contribution is 1.48. The first kappa shape index (κ1) is 19.7. The topological polar surface area (TPSA) is 47.7 Å². The maximum absolute atomic E-state index is 8.68. The Balaban J connectivity index is 1.67. The van der Waals surface area contributed by atoms with E-state index in [1.165, 1.54) is 0 Å². The normalized spacial score (nSPS) is 13.5. The van der Waals surface area contributed by atoms with E-state index in [0.717, 1.165) is 44.5 Å². The van der Waals surface area contributed by atoms with Crippen LogP contribution in [0.5, 0.6) is 0 Å². The van der Waals surface area contributed by atoms with Gasteiger partial charge in [0.25, 0.3) is 0 Å². The van der Waals surface area contributed by atoms with Gasteiger partial charge in [0.15, 0.2) is 0 Å². The summed E-state index contributed by atoms with van der Waals surface area (Å²) in [7, 11) is 0. The molecule has 0 spiro atoms. The van der Waals surface area contributed by atoms with E-state index in [4.69, 9.17) is 10.8 Å². The van der Waals surface area contributed by atoms with Gasteiger partial charge in [-0.1, -0.05) is 109 Å². The third kappa shape index (κ3) is 3.63. The molecule has 1 aliphatic rings. The molecular formula is C30H22N2. The van der Waals surface area contributed by atoms with Crippen molar-refractivity contribution in [2.24, 2.45) is 0 Å². The fraction of sp³-hybridized carbons (Fsp3) is 0. The van der Waals surface area contributed by atoms with E-state index >= 15 is 0 Å². The highest BCUT2D eigenvalue weighted by Gasteiger charge is 2.22. The van der Waals surface area contributed by atoms with Gasteiger partial charge in [0.05, 0.1) is 11.4 Å². The molecule has 32 heavy (non-hydrogen) atoms. The fourth-order valence-electron chi connectivity index (χ4n) is 4.20. The van der Waals surface area contributed by atoms with Crippen LogP contribution in [0.1, 0.15) is 11.1 Å². The Bertz CT molecular complexity index is 1380. The van der Waals surface area contributed by atoms with Crippen LogP contribution in [0.3, 0.4) is 0 Å². The van der Waals surface area contributed by atoms with Crippen LogP contribution in [0.4, 0.5) is 0 Å². The quantitative estimate of drug-likeness (QED) is 0.327. The second-order valence-electron chi connectivity index (χ2n) is 7.77. The second-order valence-corrected chi connectivity index (χ2v) is 7.77. The highest BCUT2D eigenvalue weighted by atomic mass is 14.5. The lowest BCUT2D eigenvalue weighted by Crippen LogP contribution is -2.16. The summed E-state index contributed by atoms with van der Waals surface area (Å²) < 4.78 is 0. The van der Waals surface area contributed by atoms with Crippen LogP contribution >= 0.6 is 0 Å². The molecule has 152 valence electrons. The van der Waals surface area contributed by atoms with Gasteiger partial charge in [-0.3, -0.25) is 10.8 Å². The minimum absolute atomic E-state index is 0.225. The Morgan fingerprint density at radius 1 is 0.406 bits per heavy atom. The average Bonchev–Trinajstić information content (AvgIpc) is 2.87. The van der Waals surface area contributed by atoms with Crippen molar-refractivity contribution in [2.45, 2.75) is 0 Å². The van der Waals surface area contributed by atoms with Gasteiger partial charge in [-0.15, -0.1) is 0 Å². The zero-order valence-electron chi connectivity index (χ0n) is 17.5. The van der Waals surface area contributed by atoms with Crippen molar-refractivity contribution in [1.82, 2.24) is 0 Å². The summed E-state index contributed by atoms with van der Waals surface area (Å²) in [5.41, 5.74) is 8.64. The van der Waals surface area contributed by atoms with Crippen molar-refractivity contribution in [2.75, 3.05) is 0 Å².